The number of anilines is 1. The highest BCUT2D eigenvalue weighted by Gasteiger charge is 2.24. The topological polar surface area (TPSA) is 76.7 Å². The number of nitrogens with one attached hydrogen (secondary N) is 3. The fourth-order valence-electron chi connectivity index (χ4n) is 4.05. The lowest BCUT2D eigenvalue weighted by molar-refractivity contribution is -0.124. The summed E-state index contributed by atoms with van der Waals surface area (Å²) in [6, 6.07) is 16.5. The molecule has 0 saturated carbocycles. The molecule has 7 heteroatoms. The van der Waals surface area contributed by atoms with E-state index in [-0.39, 0.29) is 17.9 Å². The van der Waals surface area contributed by atoms with Crippen LogP contribution in [0, 0.1) is 5.92 Å². The number of benzene rings is 2. The van der Waals surface area contributed by atoms with Gasteiger partial charge in [0.1, 0.15) is 6.04 Å². The van der Waals surface area contributed by atoms with Crippen molar-refractivity contribution in [1.82, 2.24) is 20.4 Å². The van der Waals surface area contributed by atoms with E-state index >= 15 is 0 Å². The molecule has 178 valence electrons. The minimum Gasteiger partial charge on any atom is -0.350 e. The van der Waals surface area contributed by atoms with Crippen LogP contribution < -0.4 is 16.0 Å². The highest BCUT2D eigenvalue weighted by Crippen LogP contribution is 2.14. The normalized spacial score (nSPS) is 15.8. The molecule has 3 rings (SSSR count). The number of amides is 3. The average molecular weight is 452 g/mol. The van der Waals surface area contributed by atoms with Crippen LogP contribution in [-0.2, 0) is 17.9 Å². The number of urea groups is 1. The zero-order chi connectivity index (χ0) is 23.6. The molecular formula is C26H37N5O2. The number of nitrogens with zero attached hydrogens (tertiary/aromatic N) is 2. The van der Waals surface area contributed by atoms with Crippen molar-refractivity contribution in [1.29, 1.82) is 0 Å². The number of hydrogen-bond acceptors (Lipinski definition) is 4. The van der Waals surface area contributed by atoms with Crippen LogP contribution in [0.15, 0.2) is 54.6 Å². The van der Waals surface area contributed by atoms with Crippen molar-refractivity contribution in [3.63, 3.8) is 0 Å². The van der Waals surface area contributed by atoms with Crippen LogP contribution in [0.1, 0.15) is 31.9 Å². The van der Waals surface area contributed by atoms with E-state index in [0.29, 0.717) is 12.2 Å². The van der Waals surface area contributed by atoms with E-state index in [1.807, 2.05) is 50.2 Å². The summed E-state index contributed by atoms with van der Waals surface area (Å²) in [7, 11) is 0. The van der Waals surface area contributed by atoms with Gasteiger partial charge in [-0.1, -0.05) is 63.2 Å². The summed E-state index contributed by atoms with van der Waals surface area (Å²) in [5.74, 6) is -0.226. The van der Waals surface area contributed by atoms with E-state index in [4.69, 9.17) is 0 Å². The zero-order valence-corrected chi connectivity index (χ0v) is 20.0. The second-order valence-corrected chi connectivity index (χ2v) is 8.88. The van der Waals surface area contributed by atoms with Crippen LogP contribution in [0.25, 0.3) is 0 Å². The first-order valence-corrected chi connectivity index (χ1v) is 11.9. The van der Waals surface area contributed by atoms with Gasteiger partial charge in [-0.15, -0.1) is 0 Å². The summed E-state index contributed by atoms with van der Waals surface area (Å²) in [6.07, 6.45) is 0. The van der Waals surface area contributed by atoms with Crippen LogP contribution in [0.4, 0.5) is 10.5 Å². The van der Waals surface area contributed by atoms with Gasteiger partial charge < -0.3 is 20.9 Å². The standard InChI is InChI=1S/C26H37N5O2/c1-4-30-14-16-31(17-15-30)19-22-11-9-8-10-21(22)18-27-25(32)24(20(2)3)29-26(33)28-23-12-6-5-7-13-23/h5-13,20,24H,4,14-19H2,1-3H3,(H,27,32)(H2,28,29,33). The van der Waals surface area contributed by atoms with Gasteiger partial charge in [-0.05, 0) is 35.7 Å². The maximum atomic E-state index is 12.9. The van der Waals surface area contributed by atoms with E-state index in [1.54, 1.807) is 0 Å². The third-order valence-electron chi connectivity index (χ3n) is 6.14. The lowest BCUT2D eigenvalue weighted by Gasteiger charge is -2.34. The molecule has 1 atom stereocenters. The Kier molecular flexibility index (Phi) is 9.27. The van der Waals surface area contributed by atoms with Crippen molar-refractivity contribution in [2.75, 3.05) is 38.0 Å². The van der Waals surface area contributed by atoms with Crippen molar-refractivity contribution in [3.05, 3.63) is 65.7 Å². The van der Waals surface area contributed by atoms with Crippen molar-refractivity contribution in [2.24, 2.45) is 5.92 Å². The fraction of sp³-hybridized carbons (Fsp3) is 0.462. The Morgan fingerprint density at radius 2 is 1.48 bits per heavy atom. The first kappa shape index (κ1) is 24.7. The van der Waals surface area contributed by atoms with Crippen LogP contribution >= 0.6 is 0 Å². The molecule has 1 saturated heterocycles. The number of rotatable bonds is 9. The highest BCUT2D eigenvalue weighted by molar-refractivity contribution is 5.93. The minimum absolute atomic E-state index is 0.0448. The van der Waals surface area contributed by atoms with Crippen molar-refractivity contribution >= 4 is 17.6 Å². The Morgan fingerprint density at radius 3 is 2.12 bits per heavy atom. The third-order valence-corrected chi connectivity index (χ3v) is 6.14. The number of carbonyl (C=O) groups is 2. The molecule has 1 heterocycles. The van der Waals surface area contributed by atoms with Crippen molar-refractivity contribution in [3.8, 4) is 0 Å². The summed E-state index contributed by atoms with van der Waals surface area (Å²) in [5, 5.41) is 8.63. The predicted molar refractivity (Wildman–Crippen MR) is 133 cm³/mol. The summed E-state index contributed by atoms with van der Waals surface area (Å²) in [5.41, 5.74) is 3.03. The van der Waals surface area contributed by atoms with Gasteiger partial charge in [0.15, 0.2) is 0 Å². The molecule has 3 N–H and O–H groups in total. The smallest absolute Gasteiger partial charge is 0.319 e. The Morgan fingerprint density at radius 1 is 0.879 bits per heavy atom. The molecule has 0 spiro atoms. The Hall–Kier alpha value is -2.90. The Labute approximate surface area is 197 Å². The van der Waals surface area contributed by atoms with Crippen LogP contribution in [0.5, 0.6) is 0 Å². The van der Waals surface area contributed by atoms with Crippen molar-refractivity contribution < 1.29 is 9.59 Å². The molecule has 3 amide bonds. The molecule has 0 radical (unpaired) electrons. The van der Waals surface area contributed by atoms with Gasteiger partial charge in [-0.3, -0.25) is 9.69 Å². The highest BCUT2D eigenvalue weighted by atomic mass is 16.2. The number of para-hydroxylation sites is 1. The largest absolute Gasteiger partial charge is 0.350 e. The molecule has 1 aliphatic rings. The minimum atomic E-state index is -0.622. The first-order valence-electron chi connectivity index (χ1n) is 11.9. The molecule has 2 aromatic carbocycles. The second-order valence-electron chi connectivity index (χ2n) is 8.88. The maximum absolute atomic E-state index is 12.9. The van der Waals surface area contributed by atoms with Crippen molar-refractivity contribution in [2.45, 2.75) is 39.9 Å². The first-order chi connectivity index (χ1) is 16.0. The lowest BCUT2D eigenvalue weighted by atomic mass is 10.0. The summed E-state index contributed by atoms with van der Waals surface area (Å²) >= 11 is 0. The monoisotopic (exact) mass is 451 g/mol. The summed E-state index contributed by atoms with van der Waals surface area (Å²) < 4.78 is 0. The summed E-state index contributed by atoms with van der Waals surface area (Å²) in [6.45, 7) is 12.8. The molecule has 7 nitrogen and oxygen atoms in total. The van der Waals surface area contributed by atoms with E-state index in [1.165, 1.54) is 5.56 Å². The molecule has 0 aliphatic carbocycles. The number of hydrogen-bond donors (Lipinski definition) is 3. The molecule has 1 aliphatic heterocycles. The molecule has 1 unspecified atom stereocenters. The van der Waals surface area contributed by atoms with Crippen LogP contribution in [0.2, 0.25) is 0 Å². The molecule has 1 fully saturated rings. The SMILES string of the molecule is CCN1CCN(Cc2ccccc2CNC(=O)C(NC(=O)Nc2ccccc2)C(C)C)CC1. The van der Waals surface area contributed by atoms with E-state index in [9.17, 15) is 9.59 Å². The zero-order valence-electron chi connectivity index (χ0n) is 20.0. The molecule has 2 aromatic rings. The van der Waals surface area contributed by atoms with Gasteiger partial charge in [0.05, 0.1) is 0 Å². The second kappa shape index (κ2) is 12.4. The maximum Gasteiger partial charge on any atom is 0.319 e. The van der Waals surface area contributed by atoms with Gasteiger partial charge in [0.2, 0.25) is 5.91 Å². The van der Waals surface area contributed by atoms with E-state index in [2.05, 4.69) is 50.9 Å². The van der Waals surface area contributed by atoms with E-state index < -0.39 is 6.04 Å². The fourth-order valence-corrected chi connectivity index (χ4v) is 4.05. The Bertz CT molecular complexity index is 895. The number of carbonyl (C=O) groups excluding carboxylic acids is 2. The number of likely N-dealkylation sites (N-methyl/N-ethyl adjacent to an activating group) is 1. The van der Waals surface area contributed by atoms with Gasteiger partial charge in [0.25, 0.3) is 0 Å². The molecular weight excluding hydrogens is 414 g/mol. The van der Waals surface area contributed by atoms with E-state index in [0.717, 1.165) is 44.8 Å². The number of piperazine rings is 1. The average Bonchev–Trinajstić information content (AvgIpc) is 2.82. The molecule has 0 aromatic heterocycles. The quantitative estimate of drug-likeness (QED) is 0.547. The van der Waals surface area contributed by atoms with Gasteiger partial charge in [-0.25, -0.2) is 4.79 Å². The van der Waals surface area contributed by atoms with Gasteiger partial charge in [-0.2, -0.15) is 0 Å². The van der Waals surface area contributed by atoms with Gasteiger partial charge >= 0.3 is 6.03 Å². The lowest BCUT2D eigenvalue weighted by Crippen LogP contribution is -2.50. The van der Waals surface area contributed by atoms with Gasteiger partial charge in [0, 0.05) is 45.0 Å². The Balaban J connectivity index is 1.55. The predicted octanol–water partition coefficient (Wildman–Crippen LogP) is 3.29. The van der Waals surface area contributed by atoms with Crippen LogP contribution in [-0.4, -0.2) is 60.5 Å². The van der Waals surface area contributed by atoms with Crippen LogP contribution in [0.3, 0.4) is 0 Å². The molecule has 0 bridgehead atoms. The summed E-state index contributed by atoms with van der Waals surface area (Å²) in [4.78, 5) is 30.3. The third kappa shape index (κ3) is 7.58. The molecule has 33 heavy (non-hydrogen) atoms.